The summed E-state index contributed by atoms with van der Waals surface area (Å²) >= 11 is 0. The Morgan fingerprint density at radius 1 is 1.24 bits per heavy atom. The first-order chi connectivity index (χ1) is 14.1. The van der Waals surface area contributed by atoms with E-state index in [0.29, 0.717) is 46.1 Å². The molecule has 0 atom stereocenters. The highest BCUT2D eigenvalue weighted by Gasteiger charge is 2.26. The Balaban J connectivity index is 1.71. The van der Waals surface area contributed by atoms with Gasteiger partial charge in [-0.1, -0.05) is 12.1 Å². The summed E-state index contributed by atoms with van der Waals surface area (Å²) in [7, 11) is 0. The number of pyridine rings is 2. The minimum absolute atomic E-state index is 0.211. The maximum atomic E-state index is 14.3. The van der Waals surface area contributed by atoms with Gasteiger partial charge >= 0.3 is 0 Å². The zero-order valence-electron chi connectivity index (χ0n) is 15.6. The summed E-state index contributed by atoms with van der Waals surface area (Å²) in [5, 5.41) is 8.54. The highest BCUT2D eigenvalue weighted by molar-refractivity contribution is 6.04. The monoisotopic (exact) mass is 391 g/mol. The molecule has 0 spiro atoms. The van der Waals surface area contributed by atoms with Crippen LogP contribution in [0.2, 0.25) is 0 Å². The SMILES string of the molecule is CCNC(=O)c1ccc(Nc2cc(-c3ccccc3F)nc3c2C(=O)NC3)nc1. The summed E-state index contributed by atoms with van der Waals surface area (Å²) in [6, 6.07) is 11.2. The molecule has 2 aromatic heterocycles. The second-order valence-corrected chi connectivity index (χ2v) is 6.46. The van der Waals surface area contributed by atoms with E-state index in [4.69, 9.17) is 0 Å². The molecule has 1 aliphatic rings. The normalized spacial score (nSPS) is 12.3. The first-order valence-electron chi connectivity index (χ1n) is 9.15. The van der Waals surface area contributed by atoms with Gasteiger partial charge in [-0.15, -0.1) is 0 Å². The van der Waals surface area contributed by atoms with Crippen LogP contribution in [0.1, 0.15) is 33.3 Å². The molecule has 29 heavy (non-hydrogen) atoms. The average Bonchev–Trinajstić information content (AvgIpc) is 3.10. The standard InChI is InChI=1S/C21H18FN5O2/c1-2-23-20(28)12-7-8-18(24-10-12)27-16-9-15(13-5-3-4-6-14(13)22)26-17-11-25-21(29)19(16)17/h3-10H,2,11H2,1H3,(H,23,28)(H,25,29)(H,24,26,27). The Labute approximate surface area is 166 Å². The lowest BCUT2D eigenvalue weighted by Gasteiger charge is -2.12. The fraction of sp³-hybridized carbons (Fsp3) is 0.143. The molecule has 0 aliphatic carbocycles. The summed E-state index contributed by atoms with van der Waals surface area (Å²) in [6.45, 7) is 2.63. The Bertz CT molecular complexity index is 1100. The van der Waals surface area contributed by atoms with E-state index in [1.165, 1.54) is 12.3 Å². The van der Waals surface area contributed by atoms with Crippen molar-refractivity contribution in [1.82, 2.24) is 20.6 Å². The number of amides is 2. The molecule has 1 aromatic carbocycles. The maximum Gasteiger partial charge on any atom is 0.255 e. The highest BCUT2D eigenvalue weighted by atomic mass is 19.1. The third-order valence-electron chi connectivity index (χ3n) is 4.51. The van der Waals surface area contributed by atoms with E-state index in [1.54, 1.807) is 36.4 Å². The molecule has 0 saturated carbocycles. The molecule has 8 heteroatoms. The Morgan fingerprint density at radius 2 is 2.07 bits per heavy atom. The first kappa shape index (κ1) is 18.5. The van der Waals surface area contributed by atoms with E-state index in [0.717, 1.165) is 0 Å². The average molecular weight is 391 g/mol. The van der Waals surface area contributed by atoms with Crippen LogP contribution in [0, 0.1) is 5.82 Å². The molecule has 0 fully saturated rings. The number of nitrogens with one attached hydrogen (secondary N) is 3. The summed E-state index contributed by atoms with van der Waals surface area (Å²) in [5.74, 6) is -0.412. The van der Waals surface area contributed by atoms with Crippen LogP contribution in [-0.2, 0) is 6.54 Å². The van der Waals surface area contributed by atoms with Gasteiger partial charge in [0.05, 0.1) is 34.7 Å². The number of fused-ring (bicyclic) bond motifs is 1. The predicted molar refractivity (Wildman–Crippen MR) is 106 cm³/mol. The van der Waals surface area contributed by atoms with Crippen molar-refractivity contribution in [2.24, 2.45) is 0 Å². The first-order valence-corrected chi connectivity index (χ1v) is 9.15. The van der Waals surface area contributed by atoms with Crippen LogP contribution in [0.3, 0.4) is 0 Å². The number of hydrogen-bond donors (Lipinski definition) is 3. The van der Waals surface area contributed by atoms with Crippen LogP contribution in [-0.4, -0.2) is 28.3 Å². The quantitative estimate of drug-likeness (QED) is 0.621. The van der Waals surface area contributed by atoms with Crippen LogP contribution in [0.15, 0.2) is 48.7 Å². The van der Waals surface area contributed by atoms with E-state index in [-0.39, 0.29) is 18.4 Å². The molecule has 0 saturated heterocycles. The van der Waals surface area contributed by atoms with Crippen LogP contribution in [0.4, 0.5) is 15.9 Å². The summed E-state index contributed by atoms with van der Waals surface area (Å²) in [6.07, 6.45) is 1.45. The Kier molecular flexibility index (Phi) is 4.90. The van der Waals surface area contributed by atoms with Gasteiger partial charge in [-0.3, -0.25) is 9.59 Å². The van der Waals surface area contributed by atoms with Gasteiger partial charge in [0.2, 0.25) is 0 Å². The maximum absolute atomic E-state index is 14.3. The number of carbonyl (C=O) groups is 2. The largest absolute Gasteiger partial charge is 0.352 e. The van der Waals surface area contributed by atoms with E-state index in [1.807, 2.05) is 6.92 Å². The van der Waals surface area contributed by atoms with Crippen molar-refractivity contribution >= 4 is 23.3 Å². The van der Waals surface area contributed by atoms with E-state index < -0.39 is 5.82 Å². The predicted octanol–water partition coefficient (Wildman–Crippen LogP) is 3.02. The van der Waals surface area contributed by atoms with Gasteiger partial charge < -0.3 is 16.0 Å². The smallest absolute Gasteiger partial charge is 0.255 e. The fourth-order valence-corrected chi connectivity index (χ4v) is 3.14. The molecule has 3 N–H and O–H groups in total. The molecule has 7 nitrogen and oxygen atoms in total. The zero-order valence-corrected chi connectivity index (χ0v) is 15.6. The lowest BCUT2D eigenvalue weighted by atomic mass is 10.1. The Hall–Kier alpha value is -3.81. The van der Waals surface area contributed by atoms with Gasteiger partial charge in [0.15, 0.2) is 0 Å². The molecule has 0 radical (unpaired) electrons. The van der Waals surface area contributed by atoms with E-state index >= 15 is 0 Å². The number of anilines is 2. The van der Waals surface area contributed by atoms with Crippen molar-refractivity contribution in [3.63, 3.8) is 0 Å². The zero-order chi connectivity index (χ0) is 20.4. The van der Waals surface area contributed by atoms with Crippen molar-refractivity contribution in [3.05, 3.63) is 71.3 Å². The molecule has 3 aromatic rings. The van der Waals surface area contributed by atoms with Crippen LogP contribution in [0.5, 0.6) is 0 Å². The number of nitrogens with zero attached hydrogens (tertiary/aromatic N) is 2. The van der Waals surface area contributed by atoms with Gasteiger partial charge in [0, 0.05) is 18.3 Å². The van der Waals surface area contributed by atoms with Gasteiger partial charge in [-0.05, 0) is 37.3 Å². The van der Waals surface area contributed by atoms with Gasteiger partial charge in [0.25, 0.3) is 11.8 Å². The molecule has 0 unspecified atom stereocenters. The van der Waals surface area contributed by atoms with Crippen molar-refractivity contribution in [2.75, 3.05) is 11.9 Å². The Morgan fingerprint density at radius 3 is 2.79 bits per heavy atom. The van der Waals surface area contributed by atoms with Crippen molar-refractivity contribution < 1.29 is 14.0 Å². The second kappa shape index (κ2) is 7.67. The molecule has 3 heterocycles. The van der Waals surface area contributed by atoms with Crippen LogP contribution < -0.4 is 16.0 Å². The number of halogens is 1. The van der Waals surface area contributed by atoms with Crippen molar-refractivity contribution in [2.45, 2.75) is 13.5 Å². The van der Waals surface area contributed by atoms with Crippen LogP contribution in [0.25, 0.3) is 11.3 Å². The van der Waals surface area contributed by atoms with Crippen molar-refractivity contribution in [3.8, 4) is 11.3 Å². The summed E-state index contributed by atoms with van der Waals surface area (Å²) in [4.78, 5) is 32.9. The lowest BCUT2D eigenvalue weighted by Crippen LogP contribution is -2.22. The molecular formula is C21H18FN5O2. The summed E-state index contributed by atoms with van der Waals surface area (Å²) < 4.78 is 14.3. The summed E-state index contributed by atoms with van der Waals surface area (Å²) in [5.41, 5.74) is 2.61. The molecule has 146 valence electrons. The number of aromatic nitrogens is 2. The number of benzene rings is 1. The molecule has 0 bridgehead atoms. The van der Waals surface area contributed by atoms with Crippen LogP contribution >= 0.6 is 0 Å². The molecule has 4 rings (SSSR count). The minimum Gasteiger partial charge on any atom is -0.352 e. The minimum atomic E-state index is -0.396. The molecular weight excluding hydrogens is 373 g/mol. The topological polar surface area (TPSA) is 96.0 Å². The van der Waals surface area contributed by atoms with Gasteiger partial charge in [0.1, 0.15) is 11.6 Å². The third kappa shape index (κ3) is 3.64. The van der Waals surface area contributed by atoms with Crippen molar-refractivity contribution in [1.29, 1.82) is 0 Å². The highest BCUT2D eigenvalue weighted by Crippen LogP contribution is 2.31. The molecule has 2 amide bonds. The lowest BCUT2D eigenvalue weighted by molar-refractivity contribution is 0.0951. The van der Waals surface area contributed by atoms with E-state index in [9.17, 15) is 14.0 Å². The number of hydrogen-bond acceptors (Lipinski definition) is 5. The van der Waals surface area contributed by atoms with Gasteiger partial charge in [-0.25, -0.2) is 14.4 Å². The second-order valence-electron chi connectivity index (χ2n) is 6.46. The number of rotatable bonds is 5. The van der Waals surface area contributed by atoms with Gasteiger partial charge in [-0.2, -0.15) is 0 Å². The fourth-order valence-electron chi connectivity index (χ4n) is 3.14. The number of carbonyl (C=O) groups excluding carboxylic acids is 2. The van der Waals surface area contributed by atoms with E-state index in [2.05, 4.69) is 25.9 Å². The molecule has 1 aliphatic heterocycles. The third-order valence-corrected chi connectivity index (χ3v) is 4.51.